The molecule has 4 nitrogen and oxygen atoms in total. The van der Waals surface area contributed by atoms with Crippen LogP contribution in [-0.4, -0.2) is 40.8 Å². The van der Waals surface area contributed by atoms with E-state index in [0.29, 0.717) is 11.3 Å². The molecule has 1 aromatic carbocycles. The molecule has 1 aromatic rings. The van der Waals surface area contributed by atoms with E-state index >= 15 is 0 Å². The summed E-state index contributed by atoms with van der Waals surface area (Å²) in [4.78, 5) is 0.574. The van der Waals surface area contributed by atoms with Gasteiger partial charge in [-0.25, -0.2) is 8.61 Å². The molecule has 0 radical (unpaired) electrons. The second kappa shape index (κ2) is 19.3. The van der Waals surface area contributed by atoms with Crippen molar-refractivity contribution in [2.75, 3.05) is 26.2 Å². The molecule has 1 rings (SSSR count). The third-order valence-corrected chi connectivity index (χ3v) is 6.86. The summed E-state index contributed by atoms with van der Waals surface area (Å²) in [6.07, 6.45) is 12.1. The van der Waals surface area contributed by atoms with Crippen molar-refractivity contribution in [3.05, 3.63) is 29.8 Å². The van der Waals surface area contributed by atoms with Crippen molar-refractivity contribution in [3.8, 4) is 0 Å². The largest absolute Gasteiger partial charge is 0.861 e. The van der Waals surface area contributed by atoms with E-state index in [1.54, 1.807) is 12.1 Å². The number of hydrogen-bond acceptors (Lipinski definition) is 2. The van der Waals surface area contributed by atoms with Gasteiger partial charge < -0.3 is 9.59 Å². The lowest BCUT2D eigenvalue weighted by molar-refractivity contribution is -0.929. The van der Waals surface area contributed by atoms with Crippen LogP contribution in [-0.2, 0) is 11.0 Å². The van der Waals surface area contributed by atoms with E-state index in [1.165, 1.54) is 82.0 Å². The molecule has 1 unspecified atom stereocenters. The number of rotatable bonds is 16. The molecule has 0 saturated heterocycles. The van der Waals surface area contributed by atoms with Crippen molar-refractivity contribution < 1.29 is 13.8 Å². The van der Waals surface area contributed by atoms with Crippen molar-refractivity contribution >= 4 is 16.9 Å². The van der Waals surface area contributed by atoms with Crippen molar-refractivity contribution in [1.29, 1.82) is 0 Å². The number of aryl methyl sites for hydroxylation is 1. The summed E-state index contributed by atoms with van der Waals surface area (Å²) < 4.78 is 16.6. The molecule has 0 aliphatic rings. The van der Waals surface area contributed by atoms with Crippen LogP contribution in [0, 0.1) is 6.92 Å². The highest BCUT2D eigenvalue weighted by Gasteiger charge is 2.24. The maximum atomic E-state index is 11.6. The van der Waals surface area contributed by atoms with Crippen LogP contribution in [0.5, 0.6) is 0 Å². The highest BCUT2D eigenvalue weighted by atomic mass is 32.2. The normalized spacial score (nSPS) is 12.9. The maximum Gasteiger partial charge on any atom is 0.171 e. The molecule has 0 heterocycles. The molecule has 1 atom stereocenters. The highest BCUT2D eigenvalue weighted by molar-refractivity contribution is 7.83. The Balaban J connectivity index is 0.000000604. The molecular weight excluding hydrogens is 416 g/mol. The van der Waals surface area contributed by atoms with Crippen LogP contribution < -0.4 is 5.11 Å². The van der Waals surface area contributed by atoms with Crippen molar-refractivity contribution in [1.82, 2.24) is 0 Å². The van der Waals surface area contributed by atoms with E-state index in [2.05, 4.69) is 32.1 Å². The minimum atomic E-state index is -1.55. The summed E-state index contributed by atoms with van der Waals surface area (Å²) >= 11 is 0. The van der Waals surface area contributed by atoms with E-state index in [0.717, 1.165) is 12.0 Å². The van der Waals surface area contributed by atoms with Gasteiger partial charge in [0, 0.05) is 0 Å². The molecule has 0 bridgehead atoms. The lowest BCUT2D eigenvalue weighted by Crippen LogP contribution is -2.50. The van der Waals surface area contributed by atoms with E-state index in [9.17, 15) is 9.32 Å². The Morgan fingerprint density at radius 2 is 1.19 bits per heavy atom. The van der Waals surface area contributed by atoms with Crippen LogP contribution in [0.1, 0.15) is 104 Å². The van der Waals surface area contributed by atoms with Gasteiger partial charge in [0.15, 0.2) is 11.0 Å². The monoisotopic (exact) mass is 466 g/mol. The number of nitrogens with zero attached hydrogens (tertiary/aromatic N) is 2. The van der Waals surface area contributed by atoms with Gasteiger partial charge in [0.05, 0.1) is 31.1 Å². The Bertz CT molecular complexity index is 592. The first-order valence-corrected chi connectivity index (χ1v) is 14.1. The fourth-order valence-electron chi connectivity index (χ4n) is 3.70. The third kappa shape index (κ3) is 14.1. The maximum absolute atomic E-state index is 11.6. The predicted molar refractivity (Wildman–Crippen MR) is 139 cm³/mol. The van der Waals surface area contributed by atoms with Gasteiger partial charge >= 0.3 is 0 Å². The van der Waals surface area contributed by atoms with Crippen molar-refractivity contribution in [2.45, 2.75) is 111 Å². The smallest absolute Gasteiger partial charge is 0.171 e. The number of unbranched alkanes of at least 4 members (excludes halogenated alkanes) is 4. The van der Waals surface area contributed by atoms with E-state index in [4.69, 9.17) is 0 Å². The van der Waals surface area contributed by atoms with Crippen molar-refractivity contribution in [3.63, 3.8) is 0 Å². The van der Waals surface area contributed by atoms with Gasteiger partial charge in [0.25, 0.3) is 0 Å². The molecular formula is C27H50N2O2S. The lowest BCUT2D eigenvalue weighted by atomic mass is 10.1. The fourth-order valence-corrected chi connectivity index (χ4v) is 4.45. The molecule has 0 aliphatic carbocycles. The summed E-state index contributed by atoms with van der Waals surface area (Å²) in [7, 11) is -1.55. The topological polar surface area (TPSA) is 52.5 Å². The summed E-state index contributed by atoms with van der Waals surface area (Å²) in [5.74, 6) is -0.295. The predicted octanol–water partition coefficient (Wildman–Crippen LogP) is 6.58. The van der Waals surface area contributed by atoms with E-state index < -0.39 is 11.0 Å². The highest BCUT2D eigenvalue weighted by Crippen LogP contribution is 2.16. The second-order valence-corrected chi connectivity index (χ2v) is 10.1. The molecule has 32 heavy (non-hydrogen) atoms. The Morgan fingerprint density at radius 1 is 0.781 bits per heavy atom. The van der Waals surface area contributed by atoms with Crippen LogP contribution in [0.25, 0.3) is 0 Å². The second-order valence-electron chi connectivity index (χ2n) is 8.95. The van der Waals surface area contributed by atoms with Gasteiger partial charge in [-0.1, -0.05) is 84.4 Å². The van der Waals surface area contributed by atoms with Gasteiger partial charge in [-0.05, 0) is 57.1 Å². The molecule has 0 saturated carbocycles. The molecule has 0 aromatic heterocycles. The standard InChI is InChI=1S/C16H36N.C11H15NO2S/c1-5-9-13-17(14-10-6-2,15-11-7-3)16-12-8-4;1-3-4-11(13)12-15(14)10-7-5-9(2)6-8-10/h5-16H2,1-4H3;5-8H,3-4H2,1-2H3,(H,12,13)/q+1;/p-1. The van der Waals surface area contributed by atoms with Crippen LogP contribution in [0.3, 0.4) is 0 Å². The number of benzene rings is 1. The van der Waals surface area contributed by atoms with E-state index in [1.807, 2.05) is 26.0 Å². The molecule has 0 spiro atoms. The van der Waals surface area contributed by atoms with Gasteiger partial charge in [-0.3, -0.25) is 0 Å². The zero-order valence-corrected chi connectivity index (χ0v) is 22.6. The summed E-state index contributed by atoms with van der Waals surface area (Å²) in [6.45, 7) is 18.9. The Labute approximate surface area is 201 Å². The zero-order valence-electron chi connectivity index (χ0n) is 21.8. The quantitative estimate of drug-likeness (QED) is 0.157. The lowest BCUT2D eigenvalue weighted by Gasteiger charge is -2.39. The molecule has 0 amide bonds. The molecule has 0 aliphatic heterocycles. The minimum absolute atomic E-state index is 0.295. The van der Waals surface area contributed by atoms with Gasteiger partial charge in [0.1, 0.15) is 0 Å². The van der Waals surface area contributed by atoms with E-state index in [-0.39, 0.29) is 5.90 Å². The Morgan fingerprint density at radius 3 is 1.53 bits per heavy atom. The van der Waals surface area contributed by atoms with Gasteiger partial charge in [-0.2, -0.15) is 0 Å². The third-order valence-electron chi connectivity index (χ3n) is 5.82. The first-order chi connectivity index (χ1) is 15.4. The molecule has 186 valence electrons. The summed E-state index contributed by atoms with van der Waals surface area (Å²) in [5.41, 5.74) is 1.09. The van der Waals surface area contributed by atoms with Crippen molar-refractivity contribution in [2.24, 2.45) is 4.40 Å². The minimum Gasteiger partial charge on any atom is -0.861 e. The summed E-state index contributed by atoms with van der Waals surface area (Å²) in [6, 6.07) is 7.17. The summed E-state index contributed by atoms with van der Waals surface area (Å²) in [5, 5.41) is 11.1. The average molecular weight is 467 g/mol. The Hall–Kier alpha value is -1.20. The molecule has 0 N–H and O–H groups in total. The van der Waals surface area contributed by atoms with Crippen LogP contribution in [0.15, 0.2) is 33.6 Å². The van der Waals surface area contributed by atoms with Crippen LogP contribution in [0.2, 0.25) is 0 Å². The first kappa shape index (κ1) is 30.8. The number of quaternary nitrogens is 1. The fraction of sp³-hybridized carbons (Fsp3) is 0.741. The molecule has 5 heteroatoms. The SMILES string of the molecule is CCC/C([O-])=N/S(=O)c1ccc(C)cc1.CCCC[N+](CCCC)(CCCC)CCCC. The first-order valence-electron chi connectivity index (χ1n) is 13.0. The number of hydrogen-bond donors (Lipinski definition) is 0. The zero-order chi connectivity index (χ0) is 24.2. The Kier molecular flexibility index (Phi) is 18.6. The van der Waals surface area contributed by atoms with Crippen LogP contribution >= 0.6 is 0 Å². The van der Waals surface area contributed by atoms with Gasteiger partial charge in [0.2, 0.25) is 0 Å². The van der Waals surface area contributed by atoms with Crippen LogP contribution in [0.4, 0.5) is 0 Å². The van der Waals surface area contributed by atoms with Gasteiger partial charge in [-0.15, -0.1) is 0 Å². The molecule has 0 fully saturated rings. The average Bonchev–Trinajstić information content (AvgIpc) is 2.79.